The van der Waals surface area contributed by atoms with Crippen LogP contribution in [0, 0.1) is 23.6 Å². The highest BCUT2D eigenvalue weighted by Crippen LogP contribution is 2.52. The minimum Gasteiger partial charge on any atom is -0.399 e. The van der Waals surface area contributed by atoms with E-state index in [4.69, 9.17) is 9.47 Å². The Morgan fingerprint density at radius 2 is 1.84 bits per heavy atom. The lowest BCUT2D eigenvalue weighted by molar-refractivity contribution is 0.122. The molecule has 3 aromatic rings. The molecule has 1 saturated carbocycles. The summed E-state index contributed by atoms with van der Waals surface area (Å²) in [5, 5.41) is 2.42. The predicted molar refractivity (Wildman–Crippen MR) is 149 cm³/mol. The molecule has 2 aliphatic heterocycles. The first kappa shape index (κ1) is 25.3. The second kappa shape index (κ2) is 11.4. The first-order valence-corrected chi connectivity index (χ1v) is 14.4. The molecule has 3 aliphatic rings. The number of halogens is 1. The molecule has 3 fully saturated rings. The lowest BCUT2D eigenvalue weighted by atomic mass is 10.1. The molecule has 2 atom stereocenters. The molecule has 1 aliphatic carbocycles. The third kappa shape index (κ3) is 5.72. The van der Waals surface area contributed by atoms with E-state index in [1.165, 1.54) is 23.0 Å². The van der Waals surface area contributed by atoms with Crippen molar-refractivity contribution in [2.45, 2.75) is 12.8 Å². The molecule has 6 rings (SSSR count). The van der Waals surface area contributed by atoms with Gasteiger partial charge >= 0.3 is 6.09 Å². The fraction of sp³-hybridized carbons (Fsp3) is 0.433. The monoisotopic (exact) mass is 535 g/mol. The van der Waals surface area contributed by atoms with Gasteiger partial charge in [-0.3, -0.25) is 4.90 Å². The minimum atomic E-state index is -0.448. The maximum absolute atomic E-state index is 15.2. The van der Waals surface area contributed by atoms with E-state index in [1.54, 1.807) is 17.0 Å². The molecule has 1 aromatic heterocycles. The summed E-state index contributed by atoms with van der Waals surface area (Å²) < 4.78 is 26.3. The summed E-state index contributed by atoms with van der Waals surface area (Å²) in [6, 6.07) is 19.4. The van der Waals surface area contributed by atoms with Crippen LogP contribution in [0.4, 0.5) is 20.6 Å². The molecular weight excluding hydrogens is 501 g/mol. The lowest BCUT2D eigenvalue weighted by Gasteiger charge is -2.30. The van der Waals surface area contributed by atoms with Gasteiger partial charge in [0.25, 0.3) is 0 Å². The number of carbonyl (C=O) groups excluding carboxylic acids is 1. The van der Waals surface area contributed by atoms with Crippen molar-refractivity contribution in [2.75, 3.05) is 62.3 Å². The number of ether oxygens (including phenoxy) is 2. The smallest absolute Gasteiger partial charge is 0.399 e. The summed E-state index contributed by atoms with van der Waals surface area (Å²) >= 11 is 1.38. The van der Waals surface area contributed by atoms with E-state index in [1.807, 2.05) is 22.4 Å². The van der Waals surface area contributed by atoms with Crippen LogP contribution in [0.1, 0.15) is 12.0 Å². The molecule has 0 radical (unpaired) electrons. The fourth-order valence-corrected chi connectivity index (χ4v) is 6.59. The number of carbonyl (C=O) groups is 1. The number of likely N-dealkylation sites (tertiary alicyclic amines) is 1. The number of amides is 1. The van der Waals surface area contributed by atoms with Crippen LogP contribution in [0.15, 0.2) is 66.0 Å². The standard InChI is InChI=1S/C30H34FN3O3S/c31-27-18-23(10-11-28(27)33-13-15-36-16-14-33)34(30(35)37-29-9-5-17-38-29)21-26-24-19-32(20-25(24)26)12-4-8-22-6-2-1-3-7-22/h1-3,5-7,9-11,17-18,24-26H,4,8,12-16,19-21H2. The van der Waals surface area contributed by atoms with Crippen molar-refractivity contribution in [3.8, 4) is 5.06 Å². The quantitative estimate of drug-likeness (QED) is 0.360. The van der Waals surface area contributed by atoms with Crippen LogP contribution in [0.2, 0.25) is 0 Å². The van der Waals surface area contributed by atoms with Crippen LogP contribution in [-0.2, 0) is 11.2 Å². The van der Waals surface area contributed by atoms with Crippen molar-refractivity contribution in [3.63, 3.8) is 0 Å². The van der Waals surface area contributed by atoms with Crippen molar-refractivity contribution >= 4 is 28.8 Å². The first-order valence-electron chi connectivity index (χ1n) is 13.6. The van der Waals surface area contributed by atoms with Crippen LogP contribution < -0.4 is 14.5 Å². The Morgan fingerprint density at radius 1 is 1.05 bits per heavy atom. The number of anilines is 2. The second-order valence-electron chi connectivity index (χ2n) is 10.5. The molecule has 2 unspecified atom stereocenters. The van der Waals surface area contributed by atoms with E-state index in [0.717, 1.165) is 32.5 Å². The Morgan fingerprint density at radius 3 is 2.55 bits per heavy atom. The summed E-state index contributed by atoms with van der Waals surface area (Å²) in [6.07, 6.45) is 1.81. The number of thiophene rings is 1. The van der Waals surface area contributed by atoms with Crippen LogP contribution in [0.25, 0.3) is 0 Å². The van der Waals surface area contributed by atoms with Crippen molar-refractivity contribution < 1.29 is 18.7 Å². The maximum Gasteiger partial charge on any atom is 0.420 e. The van der Waals surface area contributed by atoms with E-state index in [-0.39, 0.29) is 5.82 Å². The van der Waals surface area contributed by atoms with Gasteiger partial charge in [-0.2, -0.15) is 0 Å². The van der Waals surface area contributed by atoms with E-state index in [2.05, 4.69) is 35.2 Å². The SMILES string of the molecule is O=C(Oc1cccs1)N(CC1C2CN(CCCc3ccccc3)CC21)c1ccc(N2CCOCC2)c(F)c1. The molecule has 200 valence electrons. The highest BCUT2D eigenvalue weighted by Gasteiger charge is 2.56. The van der Waals surface area contributed by atoms with Gasteiger partial charge in [-0.1, -0.05) is 30.3 Å². The summed E-state index contributed by atoms with van der Waals surface area (Å²) in [4.78, 5) is 19.5. The van der Waals surface area contributed by atoms with Gasteiger partial charge < -0.3 is 19.3 Å². The molecule has 3 heterocycles. The van der Waals surface area contributed by atoms with Gasteiger partial charge in [-0.05, 0) is 78.4 Å². The summed E-state index contributed by atoms with van der Waals surface area (Å²) in [5.41, 5.74) is 2.49. The van der Waals surface area contributed by atoms with Gasteiger partial charge in [0, 0.05) is 32.7 Å². The zero-order valence-corrected chi connectivity index (χ0v) is 22.3. The third-order valence-corrected chi connectivity index (χ3v) is 8.87. The molecule has 2 aromatic carbocycles. The highest BCUT2D eigenvalue weighted by molar-refractivity contribution is 7.11. The van der Waals surface area contributed by atoms with Crippen LogP contribution >= 0.6 is 11.3 Å². The van der Waals surface area contributed by atoms with E-state index in [0.29, 0.717) is 67.0 Å². The van der Waals surface area contributed by atoms with Crippen LogP contribution in [0.5, 0.6) is 5.06 Å². The molecule has 0 N–H and O–H groups in total. The molecule has 6 nitrogen and oxygen atoms in total. The zero-order chi connectivity index (χ0) is 25.9. The molecule has 0 spiro atoms. The van der Waals surface area contributed by atoms with E-state index < -0.39 is 6.09 Å². The van der Waals surface area contributed by atoms with Gasteiger partial charge in [0.2, 0.25) is 0 Å². The summed E-state index contributed by atoms with van der Waals surface area (Å²) in [5.74, 6) is 1.26. The zero-order valence-electron chi connectivity index (χ0n) is 21.5. The number of rotatable bonds is 9. The number of hydrogen-bond donors (Lipinski definition) is 0. The van der Waals surface area contributed by atoms with Crippen molar-refractivity contribution in [3.05, 3.63) is 77.4 Å². The summed E-state index contributed by atoms with van der Waals surface area (Å²) in [7, 11) is 0. The van der Waals surface area contributed by atoms with E-state index >= 15 is 4.39 Å². The number of nitrogens with zero attached hydrogens (tertiary/aromatic N) is 3. The minimum absolute atomic E-state index is 0.320. The highest BCUT2D eigenvalue weighted by atomic mass is 32.1. The number of benzene rings is 2. The predicted octanol–water partition coefficient (Wildman–Crippen LogP) is 5.54. The van der Waals surface area contributed by atoms with Crippen molar-refractivity contribution in [1.82, 2.24) is 4.90 Å². The molecule has 2 saturated heterocycles. The average molecular weight is 536 g/mol. The lowest BCUT2D eigenvalue weighted by Crippen LogP contribution is -2.38. The Bertz CT molecular complexity index is 1210. The van der Waals surface area contributed by atoms with Gasteiger partial charge in [-0.15, -0.1) is 11.3 Å². The van der Waals surface area contributed by atoms with Gasteiger partial charge in [0.1, 0.15) is 5.82 Å². The normalized spacial score (nSPS) is 22.8. The van der Waals surface area contributed by atoms with Crippen LogP contribution in [0.3, 0.4) is 0 Å². The van der Waals surface area contributed by atoms with Gasteiger partial charge in [-0.25, -0.2) is 9.18 Å². The molecule has 0 bridgehead atoms. The largest absolute Gasteiger partial charge is 0.420 e. The summed E-state index contributed by atoms with van der Waals surface area (Å²) in [6.45, 7) is 6.30. The Hall–Kier alpha value is -2.94. The maximum atomic E-state index is 15.2. The topological polar surface area (TPSA) is 45.2 Å². The Balaban J connectivity index is 1.09. The molecule has 8 heteroatoms. The van der Waals surface area contributed by atoms with E-state index in [9.17, 15) is 4.79 Å². The number of fused-ring (bicyclic) bond motifs is 1. The van der Waals surface area contributed by atoms with Crippen LogP contribution in [-0.4, -0.2) is 63.5 Å². The average Bonchev–Trinajstić information content (AvgIpc) is 3.28. The van der Waals surface area contributed by atoms with Crippen molar-refractivity contribution in [2.24, 2.45) is 17.8 Å². The third-order valence-electron chi connectivity index (χ3n) is 8.12. The van der Waals surface area contributed by atoms with Gasteiger partial charge in [0.15, 0.2) is 5.06 Å². The Labute approximate surface area is 227 Å². The first-order chi connectivity index (χ1) is 18.7. The van der Waals surface area contributed by atoms with Crippen molar-refractivity contribution in [1.29, 1.82) is 0 Å². The second-order valence-corrected chi connectivity index (χ2v) is 11.4. The molecule has 38 heavy (non-hydrogen) atoms. The molecule has 1 amide bonds. The number of morpholine rings is 1. The fourth-order valence-electron chi connectivity index (χ4n) is 6.02. The Kier molecular flexibility index (Phi) is 7.63. The number of hydrogen-bond acceptors (Lipinski definition) is 6. The van der Waals surface area contributed by atoms with Gasteiger partial charge in [0.05, 0.1) is 24.6 Å². The molecular formula is C30H34FN3O3S. The number of aryl methyl sites for hydroxylation is 1. The number of piperidine rings is 1.